The van der Waals surface area contributed by atoms with Crippen LogP contribution in [0.4, 0.5) is 0 Å². The van der Waals surface area contributed by atoms with Gasteiger partial charge >= 0.3 is 0 Å². The molecule has 1 unspecified atom stereocenters. The Balaban J connectivity index is 2.39. The molecule has 0 aromatic carbocycles. The van der Waals surface area contributed by atoms with Gasteiger partial charge in [-0.05, 0) is 58.9 Å². The van der Waals surface area contributed by atoms with E-state index in [0.717, 1.165) is 19.0 Å². The highest BCUT2D eigenvalue weighted by atomic mass is 15.2. The summed E-state index contributed by atoms with van der Waals surface area (Å²) in [5, 5.41) is 0. The molecule has 0 radical (unpaired) electrons. The number of nitrogens with zero attached hydrogens (tertiary/aromatic N) is 2. The summed E-state index contributed by atoms with van der Waals surface area (Å²) in [6, 6.07) is 1.46. The van der Waals surface area contributed by atoms with Crippen LogP contribution in [0.15, 0.2) is 0 Å². The van der Waals surface area contributed by atoms with Gasteiger partial charge in [-0.1, -0.05) is 13.8 Å². The van der Waals surface area contributed by atoms with Gasteiger partial charge in [0.1, 0.15) is 0 Å². The van der Waals surface area contributed by atoms with Crippen LogP contribution in [0.25, 0.3) is 0 Å². The number of hydrogen-bond donors (Lipinski definition) is 1. The molecule has 0 bridgehead atoms. The summed E-state index contributed by atoms with van der Waals surface area (Å²) in [5.74, 6) is 0. The fraction of sp³-hybridized carbons (Fsp3) is 1.00. The Morgan fingerprint density at radius 1 is 1.31 bits per heavy atom. The van der Waals surface area contributed by atoms with Crippen molar-refractivity contribution in [2.24, 2.45) is 5.73 Å². The van der Waals surface area contributed by atoms with Gasteiger partial charge in [-0.25, -0.2) is 0 Å². The molecule has 0 saturated carbocycles. The summed E-state index contributed by atoms with van der Waals surface area (Å²) >= 11 is 0. The topological polar surface area (TPSA) is 32.5 Å². The highest BCUT2D eigenvalue weighted by Gasteiger charge is 2.25. The molecule has 0 aliphatic carbocycles. The maximum Gasteiger partial charge on any atom is 0.0119 e. The van der Waals surface area contributed by atoms with Gasteiger partial charge in [0.25, 0.3) is 0 Å². The predicted octanol–water partition coefficient (Wildman–Crippen LogP) is 1.53. The highest BCUT2D eigenvalue weighted by Crippen LogP contribution is 2.19. The molecule has 3 heteroatoms. The van der Waals surface area contributed by atoms with E-state index in [-0.39, 0.29) is 0 Å². The van der Waals surface area contributed by atoms with E-state index in [4.69, 9.17) is 5.73 Å². The normalized spacial score (nSPS) is 21.6. The number of likely N-dealkylation sites (tertiary alicyclic amines) is 1. The highest BCUT2D eigenvalue weighted by molar-refractivity contribution is 4.81. The zero-order chi connectivity index (χ0) is 12.0. The van der Waals surface area contributed by atoms with Crippen molar-refractivity contribution in [3.8, 4) is 0 Å². The summed E-state index contributed by atoms with van der Waals surface area (Å²) in [4.78, 5) is 5.13. The standard InChI is InChI=1S/C13H29N3/c1-4-12(6-9-14)15(3)13-7-10-16(5-2)11-8-13/h12-13H,4-11,14H2,1-3H3. The van der Waals surface area contributed by atoms with Gasteiger partial charge in [-0.15, -0.1) is 0 Å². The minimum Gasteiger partial charge on any atom is -0.330 e. The van der Waals surface area contributed by atoms with E-state index in [2.05, 4.69) is 30.7 Å². The lowest BCUT2D eigenvalue weighted by atomic mass is 10.00. The molecule has 1 heterocycles. The van der Waals surface area contributed by atoms with E-state index in [9.17, 15) is 0 Å². The van der Waals surface area contributed by atoms with Crippen LogP contribution in [0, 0.1) is 0 Å². The second-order valence-corrected chi connectivity index (χ2v) is 4.97. The largest absolute Gasteiger partial charge is 0.330 e. The van der Waals surface area contributed by atoms with E-state index >= 15 is 0 Å². The van der Waals surface area contributed by atoms with E-state index in [1.807, 2.05) is 0 Å². The third-order valence-electron chi connectivity index (χ3n) is 4.13. The van der Waals surface area contributed by atoms with Crippen LogP contribution < -0.4 is 5.73 Å². The second kappa shape index (κ2) is 7.25. The van der Waals surface area contributed by atoms with Crippen molar-refractivity contribution >= 4 is 0 Å². The molecule has 0 aromatic rings. The molecule has 3 nitrogen and oxygen atoms in total. The lowest BCUT2D eigenvalue weighted by Gasteiger charge is -2.40. The summed E-state index contributed by atoms with van der Waals surface area (Å²) in [6.07, 6.45) is 5.01. The Hall–Kier alpha value is -0.120. The Morgan fingerprint density at radius 2 is 1.94 bits per heavy atom. The van der Waals surface area contributed by atoms with Crippen molar-refractivity contribution in [3.63, 3.8) is 0 Å². The van der Waals surface area contributed by atoms with Gasteiger partial charge in [0.15, 0.2) is 0 Å². The summed E-state index contributed by atoms with van der Waals surface area (Å²) < 4.78 is 0. The average molecular weight is 227 g/mol. The van der Waals surface area contributed by atoms with Crippen LogP contribution in [0.1, 0.15) is 39.5 Å². The zero-order valence-corrected chi connectivity index (χ0v) is 11.3. The van der Waals surface area contributed by atoms with Gasteiger partial charge in [-0.3, -0.25) is 0 Å². The Bertz CT molecular complexity index is 176. The molecule has 0 amide bonds. The first kappa shape index (κ1) is 13.9. The van der Waals surface area contributed by atoms with Crippen LogP contribution in [-0.2, 0) is 0 Å². The Labute approximate surface area is 101 Å². The van der Waals surface area contributed by atoms with Crippen LogP contribution >= 0.6 is 0 Å². The molecule has 96 valence electrons. The molecule has 16 heavy (non-hydrogen) atoms. The van der Waals surface area contributed by atoms with Crippen molar-refractivity contribution in [1.82, 2.24) is 9.80 Å². The third-order valence-corrected chi connectivity index (χ3v) is 4.13. The van der Waals surface area contributed by atoms with E-state index < -0.39 is 0 Å². The third kappa shape index (κ3) is 3.72. The number of hydrogen-bond acceptors (Lipinski definition) is 3. The van der Waals surface area contributed by atoms with Gasteiger partial charge in [-0.2, -0.15) is 0 Å². The Kier molecular flexibility index (Phi) is 6.32. The molecule has 1 aliphatic heterocycles. The second-order valence-electron chi connectivity index (χ2n) is 4.97. The summed E-state index contributed by atoms with van der Waals surface area (Å²) in [7, 11) is 2.29. The van der Waals surface area contributed by atoms with Crippen LogP contribution in [0.5, 0.6) is 0 Å². The first-order chi connectivity index (χ1) is 7.72. The molecule has 0 aromatic heterocycles. The Morgan fingerprint density at radius 3 is 2.38 bits per heavy atom. The summed E-state index contributed by atoms with van der Waals surface area (Å²) in [6.45, 7) is 9.09. The van der Waals surface area contributed by atoms with Crippen molar-refractivity contribution in [3.05, 3.63) is 0 Å². The zero-order valence-electron chi connectivity index (χ0n) is 11.3. The van der Waals surface area contributed by atoms with Gasteiger partial charge in [0.05, 0.1) is 0 Å². The van der Waals surface area contributed by atoms with Crippen molar-refractivity contribution in [2.45, 2.75) is 51.6 Å². The van der Waals surface area contributed by atoms with E-state index in [0.29, 0.717) is 6.04 Å². The molecule has 1 aliphatic rings. The molecule has 0 spiro atoms. The quantitative estimate of drug-likeness (QED) is 0.747. The molecular weight excluding hydrogens is 198 g/mol. The monoisotopic (exact) mass is 227 g/mol. The molecular formula is C13H29N3. The van der Waals surface area contributed by atoms with Crippen molar-refractivity contribution in [2.75, 3.05) is 33.2 Å². The van der Waals surface area contributed by atoms with Gasteiger partial charge in [0.2, 0.25) is 0 Å². The summed E-state index contributed by atoms with van der Waals surface area (Å²) in [5.41, 5.74) is 5.68. The van der Waals surface area contributed by atoms with Crippen LogP contribution in [0.2, 0.25) is 0 Å². The van der Waals surface area contributed by atoms with E-state index in [1.54, 1.807) is 0 Å². The number of piperidine rings is 1. The van der Waals surface area contributed by atoms with E-state index in [1.165, 1.54) is 38.9 Å². The number of rotatable bonds is 6. The van der Waals surface area contributed by atoms with Crippen LogP contribution in [-0.4, -0.2) is 55.1 Å². The lowest BCUT2D eigenvalue weighted by molar-refractivity contribution is 0.0937. The van der Waals surface area contributed by atoms with Gasteiger partial charge in [0, 0.05) is 12.1 Å². The SMILES string of the molecule is CCC(CCN)N(C)C1CCN(CC)CC1. The molecule has 1 atom stereocenters. The fourth-order valence-electron chi connectivity index (χ4n) is 2.83. The molecule has 1 saturated heterocycles. The van der Waals surface area contributed by atoms with Crippen molar-refractivity contribution < 1.29 is 0 Å². The van der Waals surface area contributed by atoms with Crippen LogP contribution in [0.3, 0.4) is 0 Å². The fourth-order valence-corrected chi connectivity index (χ4v) is 2.83. The minimum absolute atomic E-state index is 0.683. The molecule has 1 fully saturated rings. The first-order valence-corrected chi connectivity index (χ1v) is 6.87. The maximum atomic E-state index is 5.68. The first-order valence-electron chi connectivity index (χ1n) is 6.87. The molecule has 2 N–H and O–H groups in total. The lowest BCUT2D eigenvalue weighted by Crippen LogP contribution is -2.47. The average Bonchev–Trinajstić information content (AvgIpc) is 2.35. The minimum atomic E-state index is 0.683. The maximum absolute atomic E-state index is 5.68. The molecule has 1 rings (SSSR count). The smallest absolute Gasteiger partial charge is 0.0119 e. The predicted molar refractivity (Wildman–Crippen MR) is 70.6 cm³/mol. The number of nitrogens with two attached hydrogens (primary N) is 1. The van der Waals surface area contributed by atoms with Gasteiger partial charge < -0.3 is 15.5 Å². The van der Waals surface area contributed by atoms with Crippen molar-refractivity contribution in [1.29, 1.82) is 0 Å².